The maximum atomic E-state index is 13.0. The highest BCUT2D eigenvalue weighted by Crippen LogP contribution is 2.27. The zero-order chi connectivity index (χ0) is 19.4. The van der Waals surface area contributed by atoms with Gasteiger partial charge in [0.15, 0.2) is 0 Å². The van der Waals surface area contributed by atoms with Gasteiger partial charge in [-0.3, -0.25) is 4.79 Å². The molecule has 2 aromatic carbocycles. The van der Waals surface area contributed by atoms with Crippen molar-refractivity contribution in [3.05, 3.63) is 58.8 Å². The van der Waals surface area contributed by atoms with E-state index in [0.717, 1.165) is 21.5 Å². The van der Waals surface area contributed by atoms with Crippen molar-refractivity contribution in [2.24, 2.45) is 0 Å². The normalized spacial score (nSPS) is 15.7. The van der Waals surface area contributed by atoms with Crippen molar-refractivity contribution in [3.8, 4) is 0 Å². The second-order valence-corrected chi connectivity index (χ2v) is 9.77. The molecule has 1 aliphatic rings. The van der Waals surface area contributed by atoms with Crippen LogP contribution < -0.4 is 0 Å². The molecule has 3 rings (SSSR count). The van der Waals surface area contributed by atoms with E-state index in [2.05, 4.69) is 15.9 Å². The second kappa shape index (κ2) is 8.72. The third-order valence-electron chi connectivity index (χ3n) is 4.23. The summed E-state index contributed by atoms with van der Waals surface area (Å²) in [6.07, 6.45) is 0. The number of halogens is 2. The summed E-state index contributed by atoms with van der Waals surface area (Å²) in [7, 11) is -3.67. The molecule has 9 heteroatoms. The van der Waals surface area contributed by atoms with Gasteiger partial charge in [-0.25, -0.2) is 12.8 Å². The maximum Gasteiger partial charge on any atom is 0.243 e. The van der Waals surface area contributed by atoms with Gasteiger partial charge in [0.25, 0.3) is 0 Å². The van der Waals surface area contributed by atoms with Crippen molar-refractivity contribution in [2.45, 2.75) is 9.79 Å². The Labute approximate surface area is 170 Å². The summed E-state index contributed by atoms with van der Waals surface area (Å²) in [6.45, 7) is 1.14. The van der Waals surface area contributed by atoms with Crippen LogP contribution in [0.1, 0.15) is 0 Å². The first-order chi connectivity index (χ1) is 12.9. The zero-order valence-electron chi connectivity index (χ0n) is 14.3. The van der Waals surface area contributed by atoms with Crippen LogP contribution in [0.25, 0.3) is 0 Å². The van der Waals surface area contributed by atoms with Crippen molar-refractivity contribution in [1.29, 1.82) is 0 Å². The predicted molar refractivity (Wildman–Crippen MR) is 107 cm³/mol. The minimum atomic E-state index is -3.67. The van der Waals surface area contributed by atoms with Gasteiger partial charge in [-0.05, 0) is 52.3 Å². The Hall–Kier alpha value is -1.42. The molecule has 0 saturated carbocycles. The fourth-order valence-corrected chi connectivity index (χ4v) is 5.62. The van der Waals surface area contributed by atoms with Gasteiger partial charge in [-0.2, -0.15) is 4.31 Å². The largest absolute Gasteiger partial charge is 0.339 e. The smallest absolute Gasteiger partial charge is 0.243 e. The molecule has 1 aliphatic heterocycles. The van der Waals surface area contributed by atoms with E-state index < -0.39 is 15.8 Å². The molecular formula is C18H18BrFN2O3S2. The Morgan fingerprint density at radius 1 is 1.04 bits per heavy atom. The van der Waals surface area contributed by atoms with Crippen molar-refractivity contribution in [2.75, 3.05) is 31.9 Å². The fourth-order valence-electron chi connectivity index (χ4n) is 2.73. The van der Waals surface area contributed by atoms with E-state index in [4.69, 9.17) is 0 Å². The SMILES string of the molecule is O=C(CSc1ccccc1Br)N1CCN(S(=O)(=O)c2ccc(F)cc2)CC1. The first-order valence-electron chi connectivity index (χ1n) is 8.29. The highest BCUT2D eigenvalue weighted by molar-refractivity contribution is 9.10. The van der Waals surface area contributed by atoms with E-state index in [1.807, 2.05) is 24.3 Å². The Morgan fingerprint density at radius 2 is 1.67 bits per heavy atom. The van der Waals surface area contributed by atoms with Crippen LogP contribution in [0.4, 0.5) is 4.39 Å². The summed E-state index contributed by atoms with van der Waals surface area (Å²) in [5, 5.41) is 0. The Morgan fingerprint density at radius 3 is 2.30 bits per heavy atom. The molecule has 0 aromatic heterocycles. The second-order valence-electron chi connectivity index (χ2n) is 5.96. The van der Waals surface area contributed by atoms with Gasteiger partial charge in [0.1, 0.15) is 5.82 Å². The summed E-state index contributed by atoms with van der Waals surface area (Å²) in [6, 6.07) is 12.5. The molecule has 0 aliphatic carbocycles. The van der Waals surface area contributed by atoms with Crippen LogP contribution in [0, 0.1) is 5.82 Å². The number of hydrogen-bond acceptors (Lipinski definition) is 4. The number of carbonyl (C=O) groups excluding carboxylic acids is 1. The summed E-state index contributed by atoms with van der Waals surface area (Å²) < 4.78 is 40.5. The van der Waals surface area contributed by atoms with Gasteiger partial charge >= 0.3 is 0 Å². The van der Waals surface area contributed by atoms with E-state index in [-0.39, 0.29) is 23.9 Å². The van der Waals surface area contributed by atoms with Gasteiger partial charge in [0.2, 0.25) is 15.9 Å². The number of carbonyl (C=O) groups is 1. The maximum absolute atomic E-state index is 13.0. The molecule has 0 radical (unpaired) electrons. The van der Waals surface area contributed by atoms with Crippen molar-refractivity contribution >= 4 is 43.6 Å². The molecule has 0 N–H and O–H groups in total. The molecule has 1 heterocycles. The quantitative estimate of drug-likeness (QED) is 0.626. The first kappa shape index (κ1) is 20.3. The molecule has 1 fully saturated rings. The van der Waals surface area contributed by atoms with Crippen LogP contribution in [-0.4, -0.2) is 55.5 Å². The molecule has 0 spiro atoms. The number of thioether (sulfide) groups is 1. The average Bonchev–Trinajstić information content (AvgIpc) is 2.67. The van der Waals surface area contributed by atoms with Crippen LogP contribution >= 0.6 is 27.7 Å². The number of hydrogen-bond donors (Lipinski definition) is 0. The summed E-state index contributed by atoms with van der Waals surface area (Å²) in [5.41, 5.74) is 0. The highest BCUT2D eigenvalue weighted by Gasteiger charge is 2.30. The molecule has 1 amide bonds. The van der Waals surface area contributed by atoms with E-state index in [9.17, 15) is 17.6 Å². The monoisotopic (exact) mass is 472 g/mol. The van der Waals surface area contributed by atoms with E-state index in [0.29, 0.717) is 18.8 Å². The molecule has 0 unspecified atom stereocenters. The molecule has 0 atom stereocenters. The predicted octanol–water partition coefficient (Wildman–Crippen LogP) is 3.21. The van der Waals surface area contributed by atoms with Crippen molar-refractivity contribution in [1.82, 2.24) is 9.21 Å². The average molecular weight is 473 g/mol. The lowest BCUT2D eigenvalue weighted by Gasteiger charge is -2.34. The number of nitrogens with zero attached hydrogens (tertiary/aromatic N) is 2. The van der Waals surface area contributed by atoms with Crippen molar-refractivity contribution in [3.63, 3.8) is 0 Å². The van der Waals surface area contributed by atoms with E-state index in [1.165, 1.54) is 28.2 Å². The lowest BCUT2D eigenvalue weighted by Crippen LogP contribution is -2.50. The number of piperazine rings is 1. The molecule has 0 bridgehead atoms. The Bertz CT molecular complexity index is 914. The molecule has 27 heavy (non-hydrogen) atoms. The van der Waals surface area contributed by atoms with Gasteiger partial charge in [-0.15, -0.1) is 11.8 Å². The Balaban J connectivity index is 1.56. The van der Waals surface area contributed by atoms with Gasteiger partial charge in [0, 0.05) is 35.5 Å². The lowest BCUT2D eigenvalue weighted by atomic mass is 10.3. The van der Waals surface area contributed by atoms with E-state index >= 15 is 0 Å². The third-order valence-corrected chi connectivity index (χ3v) is 8.16. The molecule has 5 nitrogen and oxygen atoms in total. The summed E-state index contributed by atoms with van der Waals surface area (Å²) >= 11 is 4.90. The first-order valence-corrected chi connectivity index (χ1v) is 11.5. The number of sulfonamides is 1. The van der Waals surface area contributed by atoms with Crippen LogP contribution in [0.5, 0.6) is 0 Å². The minimum absolute atomic E-state index is 0.0189. The van der Waals surface area contributed by atoms with Gasteiger partial charge in [-0.1, -0.05) is 12.1 Å². The van der Waals surface area contributed by atoms with Crippen LogP contribution in [0.2, 0.25) is 0 Å². The fraction of sp³-hybridized carbons (Fsp3) is 0.278. The Kier molecular flexibility index (Phi) is 6.56. The third kappa shape index (κ3) is 4.90. The van der Waals surface area contributed by atoms with Crippen LogP contribution in [-0.2, 0) is 14.8 Å². The number of amides is 1. The molecule has 2 aromatic rings. The molecule has 1 saturated heterocycles. The van der Waals surface area contributed by atoms with Crippen LogP contribution in [0.15, 0.2) is 62.8 Å². The number of rotatable bonds is 5. The van der Waals surface area contributed by atoms with Gasteiger partial charge < -0.3 is 4.90 Å². The molecular weight excluding hydrogens is 455 g/mol. The molecule has 144 valence electrons. The highest BCUT2D eigenvalue weighted by atomic mass is 79.9. The standard InChI is InChI=1S/C18H18BrFN2O3S2/c19-16-3-1-2-4-17(16)26-13-18(23)21-9-11-22(12-10-21)27(24,25)15-7-5-14(20)6-8-15/h1-8H,9-13H2. The topological polar surface area (TPSA) is 57.7 Å². The van der Waals surface area contributed by atoms with E-state index in [1.54, 1.807) is 4.90 Å². The lowest BCUT2D eigenvalue weighted by molar-refractivity contribution is -0.129. The van der Waals surface area contributed by atoms with Crippen LogP contribution in [0.3, 0.4) is 0 Å². The number of benzene rings is 2. The zero-order valence-corrected chi connectivity index (χ0v) is 17.6. The van der Waals surface area contributed by atoms with Gasteiger partial charge in [0.05, 0.1) is 10.6 Å². The summed E-state index contributed by atoms with van der Waals surface area (Å²) in [5.74, 6) is -0.200. The minimum Gasteiger partial charge on any atom is -0.339 e. The summed E-state index contributed by atoms with van der Waals surface area (Å²) in [4.78, 5) is 15.2. The van der Waals surface area contributed by atoms with Crippen molar-refractivity contribution < 1.29 is 17.6 Å².